The van der Waals surface area contributed by atoms with Crippen molar-refractivity contribution in [2.24, 2.45) is 0 Å². The highest BCUT2D eigenvalue weighted by Crippen LogP contribution is 2.18. The van der Waals surface area contributed by atoms with Crippen molar-refractivity contribution in [1.29, 1.82) is 0 Å². The van der Waals surface area contributed by atoms with Gasteiger partial charge in [0.1, 0.15) is 0 Å². The largest absolute Gasteiger partial charge is 0.308 e. The molecule has 0 aliphatic rings. The van der Waals surface area contributed by atoms with Crippen LogP contribution >= 0.6 is 15.9 Å². The number of alkyl halides is 1. The van der Waals surface area contributed by atoms with Crippen LogP contribution in [0.25, 0.3) is 0 Å². The van der Waals surface area contributed by atoms with Crippen molar-refractivity contribution in [2.45, 2.75) is 13.0 Å². The van der Waals surface area contributed by atoms with Crippen LogP contribution in [-0.2, 0) is 11.3 Å². The Morgan fingerprint density at radius 1 is 0.947 bits per heavy atom. The molecule has 19 heavy (non-hydrogen) atoms. The first-order chi connectivity index (χ1) is 9.31. The van der Waals surface area contributed by atoms with Crippen molar-refractivity contribution < 1.29 is 4.79 Å². The summed E-state index contributed by atoms with van der Waals surface area (Å²) in [6, 6.07) is 19.8. The number of rotatable bonds is 5. The first kappa shape index (κ1) is 13.8. The summed E-state index contributed by atoms with van der Waals surface area (Å²) in [6.07, 6.45) is 0.502. The molecule has 2 rings (SSSR count). The minimum absolute atomic E-state index is 0.131. The number of carbonyl (C=O) groups excluding carboxylic acids is 1. The summed E-state index contributed by atoms with van der Waals surface area (Å²) < 4.78 is 0. The van der Waals surface area contributed by atoms with Crippen molar-refractivity contribution >= 4 is 27.5 Å². The second-order valence-electron chi connectivity index (χ2n) is 4.24. The number of hydrogen-bond acceptors (Lipinski definition) is 1. The van der Waals surface area contributed by atoms with E-state index in [2.05, 4.69) is 15.9 Å². The molecule has 0 unspecified atom stereocenters. The summed E-state index contributed by atoms with van der Waals surface area (Å²) in [7, 11) is 0. The molecule has 0 fully saturated rings. The minimum atomic E-state index is 0.131. The molecule has 0 heterocycles. The summed E-state index contributed by atoms with van der Waals surface area (Å²) in [5.74, 6) is 0.131. The molecule has 0 atom stereocenters. The number of carbonyl (C=O) groups is 1. The molecule has 0 N–H and O–H groups in total. The standard InChI is InChI=1S/C16H16BrNO/c17-12-11-16(19)18(15-9-5-2-6-10-15)13-14-7-3-1-4-8-14/h1-10H,11-13H2. The van der Waals surface area contributed by atoms with Gasteiger partial charge >= 0.3 is 0 Å². The fourth-order valence-electron chi connectivity index (χ4n) is 1.91. The van der Waals surface area contributed by atoms with Crippen LogP contribution in [0, 0.1) is 0 Å². The summed E-state index contributed by atoms with van der Waals surface area (Å²) in [6.45, 7) is 0.608. The molecular weight excluding hydrogens is 302 g/mol. The van der Waals surface area contributed by atoms with Crippen molar-refractivity contribution in [3.63, 3.8) is 0 Å². The van der Waals surface area contributed by atoms with Crippen LogP contribution in [0.5, 0.6) is 0 Å². The van der Waals surface area contributed by atoms with E-state index in [-0.39, 0.29) is 5.91 Å². The molecule has 0 spiro atoms. The Bertz CT molecular complexity index is 513. The zero-order valence-corrected chi connectivity index (χ0v) is 12.2. The average molecular weight is 318 g/mol. The maximum absolute atomic E-state index is 12.2. The second-order valence-corrected chi connectivity index (χ2v) is 5.03. The fourth-order valence-corrected chi connectivity index (χ4v) is 2.25. The van der Waals surface area contributed by atoms with E-state index in [4.69, 9.17) is 0 Å². The summed E-state index contributed by atoms with van der Waals surface area (Å²) >= 11 is 3.33. The predicted molar refractivity (Wildman–Crippen MR) is 82.5 cm³/mol. The summed E-state index contributed by atoms with van der Waals surface area (Å²) in [5.41, 5.74) is 2.08. The Kier molecular flexibility index (Phi) is 5.16. The Morgan fingerprint density at radius 2 is 1.53 bits per heavy atom. The van der Waals surface area contributed by atoms with Crippen molar-refractivity contribution in [3.8, 4) is 0 Å². The second kappa shape index (κ2) is 7.10. The first-order valence-electron chi connectivity index (χ1n) is 6.26. The monoisotopic (exact) mass is 317 g/mol. The third-order valence-electron chi connectivity index (χ3n) is 2.86. The zero-order valence-electron chi connectivity index (χ0n) is 10.6. The van der Waals surface area contributed by atoms with E-state index in [1.54, 1.807) is 0 Å². The molecule has 0 aliphatic carbocycles. The van der Waals surface area contributed by atoms with Gasteiger partial charge in [0, 0.05) is 17.4 Å². The van der Waals surface area contributed by atoms with Crippen LogP contribution in [0.2, 0.25) is 0 Å². The van der Waals surface area contributed by atoms with Gasteiger partial charge in [-0.15, -0.1) is 0 Å². The number of para-hydroxylation sites is 1. The van der Waals surface area contributed by atoms with E-state index in [1.807, 2.05) is 65.6 Å². The topological polar surface area (TPSA) is 20.3 Å². The summed E-state index contributed by atoms with van der Waals surface area (Å²) in [5, 5.41) is 0.684. The molecule has 0 saturated heterocycles. The highest BCUT2D eigenvalue weighted by molar-refractivity contribution is 9.09. The molecule has 0 bridgehead atoms. The Hall–Kier alpha value is -1.61. The van der Waals surface area contributed by atoms with Gasteiger partial charge in [-0.05, 0) is 17.7 Å². The van der Waals surface area contributed by atoms with Crippen LogP contribution < -0.4 is 4.90 Å². The molecule has 2 aromatic carbocycles. The van der Waals surface area contributed by atoms with E-state index in [0.717, 1.165) is 11.3 Å². The third kappa shape index (κ3) is 3.93. The highest BCUT2D eigenvalue weighted by Gasteiger charge is 2.14. The van der Waals surface area contributed by atoms with Crippen LogP contribution in [-0.4, -0.2) is 11.2 Å². The van der Waals surface area contributed by atoms with Gasteiger partial charge in [0.15, 0.2) is 0 Å². The van der Waals surface area contributed by atoms with E-state index < -0.39 is 0 Å². The molecule has 98 valence electrons. The van der Waals surface area contributed by atoms with E-state index in [0.29, 0.717) is 18.3 Å². The van der Waals surface area contributed by atoms with Gasteiger partial charge in [-0.3, -0.25) is 4.79 Å². The fraction of sp³-hybridized carbons (Fsp3) is 0.188. The van der Waals surface area contributed by atoms with Gasteiger partial charge < -0.3 is 4.90 Å². The lowest BCUT2D eigenvalue weighted by molar-refractivity contribution is -0.118. The van der Waals surface area contributed by atoms with Gasteiger partial charge in [0.25, 0.3) is 0 Å². The minimum Gasteiger partial charge on any atom is -0.308 e. The molecule has 2 aromatic rings. The number of benzene rings is 2. The van der Waals surface area contributed by atoms with Crippen molar-refractivity contribution in [1.82, 2.24) is 0 Å². The van der Waals surface area contributed by atoms with Gasteiger partial charge in [-0.2, -0.15) is 0 Å². The maximum Gasteiger partial charge on any atom is 0.228 e. The lowest BCUT2D eigenvalue weighted by atomic mass is 10.2. The average Bonchev–Trinajstić information content (AvgIpc) is 2.47. The Labute approximate surface area is 122 Å². The van der Waals surface area contributed by atoms with E-state index in [1.165, 1.54) is 0 Å². The quantitative estimate of drug-likeness (QED) is 0.763. The Morgan fingerprint density at radius 3 is 2.11 bits per heavy atom. The first-order valence-corrected chi connectivity index (χ1v) is 7.38. The Balaban J connectivity index is 2.22. The highest BCUT2D eigenvalue weighted by atomic mass is 79.9. The lowest BCUT2D eigenvalue weighted by Gasteiger charge is -2.22. The van der Waals surface area contributed by atoms with Gasteiger partial charge in [-0.25, -0.2) is 0 Å². The molecule has 0 aliphatic heterocycles. The predicted octanol–water partition coefficient (Wildman–Crippen LogP) is 4.00. The summed E-state index contributed by atoms with van der Waals surface area (Å²) in [4.78, 5) is 14.1. The van der Waals surface area contributed by atoms with Crippen LogP contribution in [0.15, 0.2) is 60.7 Å². The smallest absolute Gasteiger partial charge is 0.228 e. The molecule has 2 nitrogen and oxygen atoms in total. The number of halogens is 1. The normalized spacial score (nSPS) is 10.2. The van der Waals surface area contributed by atoms with Gasteiger partial charge in [0.05, 0.1) is 6.54 Å². The van der Waals surface area contributed by atoms with Crippen molar-refractivity contribution in [2.75, 3.05) is 10.2 Å². The van der Waals surface area contributed by atoms with Crippen LogP contribution in [0.3, 0.4) is 0 Å². The maximum atomic E-state index is 12.2. The van der Waals surface area contributed by atoms with E-state index >= 15 is 0 Å². The van der Waals surface area contributed by atoms with Gasteiger partial charge in [-0.1, -0.05) is 64.5 Å². The molecule has 1 amide bonds. The molecular formula is C16H16BrNO. The molecule has 0 radical (unpaired) electrons. The number of anilines is 1. The third-order valence-corrected chi connectivity index (χ3v) is 3.26. The lowest BCUT2D eigenvalue weighted by Crippen LogP contribution is -2.30. The number of amides is 1. The molecule has 3 heteroatoms. The van der Waals surface area contributed by atoms with E-state index in [9.17, 15) is 4.79 Å². The van der Waals surface area contributed by atoms with Crippen molar-refractivity contribution in [3.05, 3.63) is 66.2 Å². The zero-order chi connectivity index (χ0) is 13.5. The van der Waals surface area contributed by atoms with Crippen LogP contribution in [0.1, 0.15) is 12.0 Å². The number of nitrogens with zero attached hydrogens (tertiary/aromatic N) is 1. The molecule has 0 saturated carbocycles. The van der Waals surface area contributed by atoms with Gasteiger partial charge in [0.2, 0.25) is 5.91 Å². The van der Waals surface area contributed by atoms with Crippen LogP contribution in [0.4, 0.5) is 5.69 Å². The molecule has 0 aromatic heterocycles. The SMILES string of the molecule is O=C(CCBr)N(Cc1ccccc1)c1ccccc1. The number of hydrogen-bond donors (Lipinski definition) is 0.